The smallest absolute Gasteiger partial charge is 0.101 e. The molecule has 0 radical (unpaired) electrons. The van der Waals surface area contributed by atoms with Crippen LogP contribution in [0.3, 0.4) is 0 Å². The van der Waals surface area contributed by atoms with E-state index in [0.29, 0.717) is 17.3 Å². The molecule has 0 aromatic heterocycles. The third-order valence-electron chi connectivity index (χ3n) is 4.00. The van der Waals surface area contributed by atoms with E-state index in [0.717, 1.165) is 5.69 Å². The maximum absolute atomic E-state index is 9.16. The van der Waals surface area contributed by atoms with Crippen LogP contribution < -0.4 is 11.1 Å². The van der Waals surface area contributed by atoms with Crippen molar-refractivity contribution in [3.8, 4) is 6.07 Å². The number of nitrogens with zero attached hydrogens (tertiary/aromatic N) is 1. The third kappa shape index (κ3) is 2.59. The summed E-state index contributed by atoms with van der Waals surface area (Å²) in [5.74, 6) is 0. The Bertz CT molecular complexity index is 471. The summed E-state index contributed by atoms with van der Waals surface area (Å²) in [6, 6.07) is 8.14. The maximum atomic E-state index is 9.16. The van der Waals surface area contributed by atoms with Gasteiger partial charge in [0.05, 0.1) is 11.3 Å². The minimum atomic E-state index is 0.284. The molecule has 3 heteroatoms. The molecule has 1 saturated carbocycles. The van der Waals surface area contributed by atoms with Gasteiger partial charge >= 0.3 is 0 Å². The summed E-state index contributed by atoms with van der Waals surface area (Å²) in [7, 11) is 0. The summed E-state index contributed by atoms with van der Waals surface area (Å²) in [4.78, 5) is 0. The SMILES string of the molecule is CC1(C)CCCCC1Nc1ccc(N)cc1C#N. The van der Waals surface area contributed by atoms with Crippen molar-refractivity contribution in [2.75, 3.05) is 11.1 Å². The van der Waals surface area contributed by atoms with E-state index in [1.54, 1.807) is 6.07 Å². The Balaban J connectivity index is 2.21. The van der Waals surface area contributed by atoms with E-state index in [1.165, 1.54) is 25.7 Å². The normalized spacial score (nSPS) is 22.2. The van der Waals surface area contributed by atoms with E-state index >= 15 is 0 Å². The number of hydrogen-bond donors (Lipinski definition) is 2. The number of benzene rings is 1. The van der Waals surface area contributed by atoms with Crippen molar-refractivity contribution in [3.63, 3.8) is 0 Å². The van der Waals surface area contributed by atoms with Crippen LogP contribution in [-0.2, 0) is 0 Å². The average molecular weight is 243 g/mol. The zero-order chi connectivity index (χ0) is 13.2. The molecule has 1 fully saturated rings. The first kappa shape index (κ1) is 12.8. The van der Waals surface area contributed by atoms with Gasteiger partial charge in [-0.2, -0.15) is 5.26 Å². The van der Waals surface area contributed by atoms with Crippen molar-refractivity contribution in [1.82, 2.24) is 0 Å². The topological polar surface area (TPSA) is 61.8 Å². The molecule has 0 saturated heterocycles. The molecule has 1 unspecified atom stereocenters. The molecule has 3 N–H and O–H groups in total. The van der Waals surface area contributed by atoms with Crippen molar-refractivity contribution in [1.29, 1.82) is 5.26 Å². The second-order valence-corrected chi connectivity index (χ2v) is 5.85. The first-order valence-corrected chi connectivity index (χ1v) is 6.59. The molecule has 0 heterocycles. The van der Waals surface area contributed by atoms with Gasteiger partial charge < -0.3 is 11.1 Å². The van der Waals surface area contributed by atoms with E-state index in [2.05, 4.69) is 25.2 Å². The Morgan fingerprint density at radius 3 is 2.83 bits per heavy atom. The van der Waals surface area contributed by atoms with Gasteiger partial charge in [-0.1, -0.05) is 26.7 Å². The number of rotatable bonds is 2. The number of nitrogens with one attached hydrogen (secondary N) is 1. The molecule has 1 aliphatic rings. The number of anilines is 2. The van der Waals surface area contributed by atoms with E-state index in [4.69, 9.17) is 11.0 Å². The summed E-state index contributed by atoms with van der Waals surface area (Å²) in [6.07, 6.45) is 4.97. The van der Waals surface area contributed by atoms with Crippen LogP contribution in [0.5, 0.6) is 0 Å². The maximum Gasteiger partial charge on any atom is 0.101 e. The van der Waals surface area contributed by atoms with E-state index in [-0.39, 0.29) is 5.41 Å². The van der Waals surface area contributed by atoms with Gasteiger partial charge in [0.2, 0.25) is 0 Å². The van der Waals surface area contributed by atoms with Gasteiger partial charge in [0.1, 0.15) is 6.07 Å². The summed E-state index contributed by atoms with van der Waals surface area (Å²) in [5.41, 5.74) is 8.18. The van der Waals surface area contributed by atoms with Crippen molar-refractivity contribution in [2.24, 2.45) is 5.41 Å². The predicted octanol–water partition coefficient (Wildman–Crippen LogP) is 3.52. The van der Waals surface area contributed by atoms with E-state index < -0.39 is 0 Å². The average Bonchev–Trinajstić information content (AvgIpc) is 2.33. The van der Waals surface area contributed by atoms with Crippen LogP contribution in [-0.4, -0.2) is 6.04 Å². The number of nitrogens with two attached hydrogens (primary N) is 1. The highest BCUT2D eigenvalue weighted by Crippen LogP contribution is 2.37. The molecule has 1 aromatic carbocycles. The second kappa shape index (κ2) is 4.89. The molecule has 0 spiro atoms. The summed E-state index contributed by atoms with van der Waals surface area (Å²) >= 11 is 0. The molecule has 1 aromatic rings. The van der Waals surface area contributed by atoms with Crippen molar-refractivity contribution < 1.29 is 0 Å². The predicted molar refractivity (Wildman–Crippen MR) is 75.2 cm³/mol. The number of hydrogen-bond acceptors (Lipinski definition) is 3. The number of nitriles is 1. The lowest BCUT2D eigenvalue weighted by Gasteiger charge is -2.39. The fourth-order valence-corrected chi connectivity index (χ4v) is 2.73. The van der Waals surface area contributed by atoms with Crippen LogP contribution in [0.4, 0.5) is 11.4 Å². The molecular weight excluding hydrogens is 222 g/mol. The molecule has 1 aliphatic carbocycles. The fourth-order valence-electron chi connectivity index (χ4n) is 2.73. The Morgan fingerprint density at radius 2 is 2.17 bits per heavy atom. The molecule has 0 aliphatic heterocycles. The highest BCUT2D eigenvalue weighted by Gasteiger charge is 2.32. The Morgan fingerprint density at radius 1 is 1.39 bits per heavy atom. The van der Waals surface area contributed by atoms with Crippen molar-refractivity contribution >= 4 is 11.4 Å². The van der Waals surface area contributed by atoms with Crippen LogP contribution in [0.25, 0.3) is 0 Å². The largest absolute Gasteiger partial charge is 0.399 e. The molecule has 0 amide bonds. The van der Waals surface area contributed by atoms with Crippen molar-refractivity contribution in [3.05, 3.63) is 23.8 Å². The highest BCUT2D eigenvalue weighted by molar-refractivity contribution is 5.63. The Kier molecular flexibility index (Phi) is 3.47. The standard InChI is InChI=1S/C15H21N3/c1-15(2)8-4-3-5-14(15)18-13-7-6-12(17)9-11(13)10-16/h6-7,9,14,18H,3-5,8,17H2,1-2H3. The van der Waals surface area contributed by atoms with Gasteiger partial charge in [0, 0.05) is 11.7 Å². The lowest BCUT2D eigenvalue weighted by molar-refractivity contribution is 0.217. The Hall–Kier alpha value is -1.69. The van der Waals surface area contributed by atoms with Gasteiger partial charge in [-0.05, 0) is 36.5 Å². The highest BCUT2D eigenvalue weighted by atomic mass is 14.9. The quantitative estimate of drug-likeness (QED) is 0.781. The van der Waals surface area contributed by atoms with Crippen LogP contribution in [0.15, 0.2) is 18.2 Å². The lowest BCUT2D eigenvalue weighted by atomic mass is 9.73. The van der Waals surface area contributed by atoms with Crippen LogP contribution >= 0.6 is 0 Å². The molecule has 18 heavy (non-hydrogen) atoms. The van der Waals surface area contributed by atoms with Gasteiger partial charge in [-0.15, -0.1) is 0 Å². The summed E-state index contributed by atoms with van der Waals surface area (Å²) in [6.45, 7) is 4.60. The minimum Gasteiger partial charge on any atom is -0.399 e. The molecule has 3 nitrogen and oxygen atoms in total. The summed E-state index contributed by atoms with van der Waals surface area (Å²) < 4.78 is 0. The minimum absolute atomic E-state index is 0.284. The molecule has 0 bridgehead atoms. The van der Waals surface area contributed by atoms with Gasteiger partial charge in [-0.25, -0.2) is 0 Å². The van der Waals surface area contributed by atoms with E-state index in [1.807, 2.05) is 12.1 Å². The van der Waals surface area contributed by atoms with Gasteiger partial charge in [0.15, 0.2) is 0 Å². The van der Waals surface area contributed by atoms with Crippen molar-refractivity contribution in [2.45, 2.75) is 45.6 Å². The van der Waals surface area contributed by atoms with Crippen LogP contribution in [0.1, 0.15) is 45.1 Å². The van der Waals surface area contributed by atoms with E-state index in [9.17, 15) is 0 Å². The second-order valence-electron chi connectivity index (χ2n) is 5.85. The van der Waals surface area contributed by atoms with Crippen LogP contribution in [0, 0.1) is 16.7 Å². The Labute approximate surface area is 109 Å². The first-order valence-electron chi connectivity index (χ1n) is 6.59. The fraction of sp³-hybridized carbons (Fsp3) is 0.533. The summed E-state index contributed by atoms with van der Waals surface area (Å²) in [5, 5.41) is 12.7. The lowest BCUT2D eigenvalue weighted by Crippen LogP contribution is -2.39. The van der Waals surface area contributed by atoms with Gasteiger partial charge in [-0.3, -0.25) is 0 Å². The third-order valence-corrected chi connectivity index (χ3v) is 4.00. The zero-order valence-corrected chi connectivity index (χ0v) is 11.2. The molecule has 96 valence electrons. The van der Waals surface area contributed by atoms with Crippen LogP contribution in [0.2, 0.25) is 0 Å². The molecular formula is C15H21N3. The first-order chi connectivity index (χ1) is 8.53. The molecule has 2 rings (SSSR count). The van der Waals surface area contributed by atoms with Gasteiger partial charge in [0.25, 0.3) is 0 Å². The zero-order valence-electron chi connectivity index (χ0n) is 11.2. The monoisotopic (exact) mass is 243 g/mol. The molecule has 1 atom stereocenters. The number of nitrogen functional groups attached to an aromatic ring is 1.